The van der Waals surface area contributed by atoms with E-state index in [0.29, 0.717) is 47.1 Å². The number of amidine groups is 1. The van der Waals surface area contributed by atoms with Gasteiger partial charge in [0.05, 0.1) is 12.0 Å². The molecule has 0 aromatic heterocycles. The van der Waals surface area contributed by atoms with Crippen molar-refractivity contribution in [3.05, 3.63) is 58.6 Å². The van der Waals surface area contributed by atoms with Crippen LogP contribution in [0.2, 0.25) is 5.02 Å². The molecule has 1 aliphatic rings. The summed E-state index contributed by atoms with van der Waals surface area (Å²) in [5, 5.41) is 0.552. The Morgan fingerprint density at radius 1 is 1.13 bits per heavy atom. The SMILES string of the molecule is COc1ccc(Cl)cc1COC(=O)CCCCCN=C1NS(=O)(=O)c2ccccc21. The Morgan fingerprint density at radius 3 is 2.73 bits per heavy atom. The van der Waals surface area contributed by atoms with Crippen molar-refractivity contribution in [2.75, 3.05) is 13.7 Å². The van der Waals surface area contributed by atoms with Crippen LogP contribution in [0.5, 0.6) is 5.75 Å². The van der Waals surface area contributed by atoms with Crippen LogP contribution in [-0.4, -0.2) is 33.9 Å². The summed E-state index contributed by atoms with van der Waals surface area (Å²) in [6, 6.07) is 11.9. The number of unbranched alkanes of at least 4 members (excludes halogenated alkanes) is 2. The van der Waals surface area contributed by atoms with Gasteiger partial charge < -0.3 is 9.47 Å². The number of sulfonamides is 1. The highest BCUT2D eigenvalue weighted by molar-refractivity contribution is 7.90. The second kappa shape index (κ2) is 9.95. The predicted molar refractivity (Wildman–Crippen MR) is 114 cm³/mol. The van der Waals surface area contributed by atoms with Crippen LogP contribution in [0.15, 0.2) is 52.4 Å². The smallest absolute Gasteiger partial charge is 0.306 e. The summed E-state index contributed by atoms with van der Waals surface area (Å²) in [7, 11) is -1.96. The molecule has 9 heteroatoms. The lowest BCUT2D eigenvalue weighted by molar-refractivity contribution is -0.145. The fourth-order valence-corrected chi connectivity index (χ4v) is 4.54. The first-order valence-electron chi connectivity index (χ1n) is 9.55. The van der Waals surface area contributed by atoms with Gasteiger partial charge in [0.25, 0.3) is 10.0 Å². The molecule has 0 radical (unpaired) electrons. The van der Waals surface area contributed by atoms with Gasteiger partial charge in [-0.1, -0.05) is 30.2 Å². The molecule has 2 aromatic carbocycles. The molecule has 1 aliphatic heterocycles. The van der Waals surface area contributed by atoms with E-state index < -0.39 is 10.0 Å². The first-order chi connectivity index (χ1) is 14.4. The van der Waals surface area contributed by atoms with Crippen LogP contribution in [0.3, 0.4) is 0 Å². The van der Waals surface area contributed by atoms with E-state index in [2.05, 4.69) is 9.71 Å². The maximum atomic E-state index is 12.0. The van der Waals surface area contributed by atoms with Crippen LogP contribution in [0.25, 0.3) is 0 Å². The van der Waals surface area contributed by atoms with Crippen LogP contribution >= 0.6 is 11.6 Å². The highest BCUT2D eigenvalue weighted by Crippen LogP contribution is 2.24. The van der Waals surface area contributed by atoms with Gasteiger partial charge in [0.1, 0.15) is 18.2 Å². The number of nitrogens with zero attached hydrogens (tertiary/aromatic N) is 1. The fraction of sp³-hybridized carbons (Fsp3) is 0.333. The number of hydrogen-bond acceptors (Lipinski definition) is 6. The molecule has 0 spiro atoms. The molecule has 160 valence electrons. The molecule has 2 aromatic rings. The van der Waals surface area contributed by atoms with E-state index in [1.54, 1.807) is 49.6 Å². The van der Waals surface area contributed by atoms with Crippen LogP contribution < -0.4 is 9.46 Å². The molecule has 3 rings (SSSR count). The lowest BCUT2D eigenvalue weighted by Crippen LogP contribution is -2.22. The standard InChI is InChI=1S/C21H23ClN2O5S/c1-28-18-11-10-16(22)13-15(18)14-29-20(25)9-3-2-6-12-23-21-17-7-4-5-8-19(17)30(26,27)24-21/h4-5,7-8,10-11,13H,2-3,6,9,12,14H2,1H3,(H,23,24). The van der Waals surface area contributed by atoms with Crippen molar-refractivity contribution in [3.63, 3.8) is 0 Å². The first kappa shape index (κ1) is 22.1. The van der Waals surface area contributed by atoms with Gasteiger partial charge in [-0.15, -0.1) is 0 Å². The third kappa shape index (κ3) is 5.52. The average Bonchev–Trinajstić information content (AvgIpc) is 2.99. The maximum Gasteiger partial charge on any atom is 0.306 e. The van der Waals surface area contributed by atoms with E-state index in [9.17, 15) is 13.2 Å². The van der Waals surface area contributed by atoms with E-state index in [1.165, 1.54) is 0 Å². The van der Waals surface area contributed by atoms with E-state index in [-0.39, 0.29) is 17.5 Å². The normalized spacial score (nSPS) is 15.5. The zero-order valence-corrected chi connectivity index (χ0v) is 18.1. The van der Waals surface area contributed by atoms with E-state index in [0.717, 1.165) is 12.8 Å². The fourth-order valence-electron chi connectivity index (χ4n) is 3.09. The monoisotopic (exact) mass is 450 g/mol. The molecular weight excluding hydrogens is 428 g/mol. The van der Waals surface area contributed by atoms with Crippen molar-refractivity contribution >= 4 is 33.4 Å². The number of benzene rings is 2. The number of rotatable bonds is 9. The summed E-state index contributed by atoms with van der Waals surface area (Å²) in [4.78, 5) is 16.6. The Kier molecular flexibility index (Phi) is 7.33. The highest BCUT2D eigenvalue weighted by Gasteiger charge is 2.29. The van der Waals surface area contributed by atoms with E-state index >= 15 is 0 Å². The Morgan fingerprint density at radius 2 is 1.93 bits per heavy atom. The number of hydrogen-bond donors (Lipinski definition) is 1. The molecule has 0 aliphatic carbocycles. The average molecular weight is 451 g/mol. The van der Waals surface area contributed by atoms with Crippen LogP contribution in [-0.2, 0) is 26.2 Å². The number of carbonyl (C=O) groups is 1. The number of aliphatic imine (C=N–C) groups is 1. The number of halogens is 1. The molecule has 0 saturated carbocycles. The number of methoxy groups -OCH3 is 1. The Hall–Kier alpha value is -2.58. The molecule has 30 heavy (non-hydrogen) atoms. The zero-order valence-electron chi connectivity index (χ0n) is 16.6. The second-order valence-corrected chi connectivity index (χ2v) is 8.85. The van der Waals surface area contributed by atoms with Gasteiger partial charge in [0, 0.05) is 29.1 Å². The number of esters is 1. The highest BCUT2D eigenvalue weighted by atomic mass is 35.5. The largest absolute Gasteiger partial charge is 0.496 e. The molecule has 0 saturated heterocycles. The number of fused-ring (bicyclic) bond motifs is 1. The predicted octanol–water partition coefficient (Wildman–Crippen LogP) is 3.69. The Bertz CT molecular complexity index is 1050. The Balaban J connectivity index is 1.38. The number of ether oxygens (including phenoxy) is 2. The summed E-state index contributed by atoms with van der Waals surface area (Å²) >= 11 is 5.97. The minimum atomic E-state index is -3.51. The summed E-state index contributed by atoms with van der Waals surface area (Å²) < 4.78 is 37.1. The molecule has 0 fully saturated rings. The van der Waals surface area contributed by atoms with Crippen molar-refractivity contribution in [2.24, 2.45) is 4.99 Å². The quantitative estimate of drug-likeness (QED) is 0.464. The van der Waals surface area contributed by atoms with Gasteiger partial charge >= 0.3 is 5.97 Å². The van der Waals surface area contributed by atoms with Gasteiger partial charge in [-0.3, -0.25) is 14.5 Å². The molecule has 7 nitrogen and oxygen atoms in total. The van der Waals surface area contributed by atoms with Crippen molar-refractivity contribution in [2.45, 2.75) is 37.2 Å². The summed E-state index contributed by atoms with van der Waals surface area (Å²) in [5.41, 5.74) is 1.31. The Labute approximate surface area is 181 Å². The summed E-state index contributed by atoms with van der Waals surface area (Å²) in [6.45, 7) is 0.580. The third-order valence-corrected chi connectivity index (χ3v) is 6.23. The second-order valence-electron chi connectivity index (χ2n) is 6.76. The molecular formula is C21H23ClN2O5S. The van der Waals surface area contributed by atoms with E-state index in [1.807, 2.05) is 0 Å². The molecule has 0 atom stereocenters. The topological polar surface area (TPSA) is 94.1 Å². The summed E-state index contributed by atoms with van der Waals surface area (Å²) in [6.07, 6.45) is 2.48. The van der Waals surface area contributed by atoms with Crippen molar-refractivity contribution in [1.29, 1.82) is 0 Å². The van der Waals surface area contributed by atoms with Crippen molar-refractivity contribution < 1.29 is 22.7 Å². The van der Waals surface area contributed by atoms with Crippen LogP contribution in [0.1, 0.15) is 36.8 Å². The zero-order chi connectivity index (χ0) is 21.6. The lowest BCUT2D eigenvalue weighted by Gasteiger charge is -2.09. The third-order valence-electron chi connectivity index (χ3n) is 4.60. The minimum absolute atomic E-state index is 0.107. The van der Waals surface area contributed by atoms with Gasteiger partial charge in [0.15, 0.2) is 0 Å². The van der Waals surface area contributed by atoms with Crippen LogP contribution in [0.4, 0.5) is 0 Å². The maximum absolute atomic E-state index is 12.0. The first-order valence-corrected chi connectivity index (χ1v) is 11.4. The van der Waals surface area contributed by atoms with Gasteiger partial charge in [-0.25, -0.2) is 8.42 Å². The number of carbonyl (C=O) groups excluding carboxylic acids is 1. The molecule has 0 bridgehead atoms. The van der Waals surface area contributed by atoms with E-state index in [4.69, 9.17) is 21.1 Å². The van der Waals surface area contributed by atoms with Gasteiger partial charge in [0.2, 0.25) is 0 Å². The molecule has 0 unspecified atom stereocenters. The molecule has 0 amide bonds. The number of nitrogens with one attached hydrogen (secondary N) is 1. The van der Waals surface area contributed by atoms with Crippen molar-refractivity contribution in [3.8, 4) is 5.75 Å². The lowest BCUT2D eigenvalue weighted by atomic mass is 10.2. The molecule has 1 heterocycles. The van der Waals surface area contributed by atoms with Gasteiger partial charge in [-0.2, -0.15) is 0 Å². The molecule has 1 N–H and O–H groups in total. The van der Waals surface area contributed by atoms with Gasteiger partial charge in [-0.05, 0) is 43.2 Å². The van der Waals surface area contributed by atoms with Crippen molar-refractivity contribution in [1.82, 2.24) is 4.72 Å². The van der Waals surface area contributed by atoms with Crippen LogP contribution in [0, 0.1) is 0 Å². The minimum Gasteiger partial charge on any atom is -0.496 e. The summed E-state index contributed by atoms with van der Waals surface area (Å²) in [5.74, 6) is 0.705.